The van der Waals surface area contributed by atoms with Gasteiger partial charge in [-0.15, -0.1) is 0 Å². The summed E-state index contributed by atoms with van der Waals surface area (Å²) in [5, 5.41) is 0. The van der Waals surface area contributed by atoms with Crippen molar-refractivity contribution in [3.8, 4) is 11.7 Å². The summed E-state index contributed by atoms with van der Waals surface area (Å²) in [5.74, 6) is 0. The molecule has 0 radical (unpaired) electrons. The molecule has 0 fully saturated rings. The van der Waals surface area contributed by atoms with E-state index in [2.05, 4.69) is 27.8 Å². The molecule has 2 rings (SSSR count). The first-order valence-corrected chi connectivity index (χ1v) is 8.19. The molecular formula is C16H18BrF3N2O. The fourth-order valence-corrected chi connectivity index (χ4v) is 2.52. The fourth-order valence-electron chi connectivity index (χ4n) is 2.19. The predicted octanol–water partition coefficient (Wildman–Crippen LogP) is 5.53. The number of rotatable bonds is 6. The Morgan fingerprint density at radius 2 is 2.00 bits per heavy atom. The maximum atomic E-state index is 12.9. The lowest BCUT2D eigenvalue weighted by Crippen LogP contribution is -2.08. The van der Waals surface area contributed by atoms with Crippen molar-refractivity contribution in [3.05, 3.63) is 40.1 Å². The summed E-state index contributed by atoms with van der Waals surface area (Å²) in [7, 11) is 0. The van der Waals surface area contributed by atoms with Crippen molar-refractivity contribution in [3.63, 3.8) is 0 Å². The summed E-state index contributed by atoms with van der Waals surface area (Å²) >= 11 is 3.31. The molecule has 7 heteroatoms. The van der Waals surface area contributed by atoms with Crippen molar-refractivity contribution in [1.29, 1.82) is 0 Å². The summed E-state index contributed by atoms with van der Waals surface area (Å²) in [5.41, 5.74) is 0.368. The second kappa shape index (κ2) is 7.38. The maximum Gasteiger partial charge on any atom is 0.416 e. The van der Waals surface area contributed by atoms with E-state index in [0.717, 1.165) is 31.4 Å². The van der Waals surface area contributed by atoms with E-state index in [0.29, 0.717) is 28.6 Å². The summed E-state index contributed by atoms with van der Waals surface area (Å²) in [6, 6.07) is 5.43. The second-order valence-electron chi connectivity index (χ2n) is 5.21. The molecule has 2 aromatic rings. The number of hydrogen-bond donors (Lipinski definition) is 0. The van der Waals surface area contributed by atoms with Crippen LogP contribution in [0, 0.1) is 6.92 Å². The van der Waals surface area contributed by atoms with Crippen molar-refractivity contribution in [2.45, 2.75) is 39.3 Å². The first-order valence-electron chi connectivity index (χ1n) is 7.40. The minimum Gasteiger partial charge on any atom is -0.464 e. The van der Waals surface area contributed by atoms with Crippen LogP contribution in [0.15, 0.2) is 28.9 Å². The lowest BCUT2D eigenvalue weighted by Gasteiger charge is -2.13. The third kappa shape index (κ3) is 4.28. The number of ether oxygens (including phenoxy) is 1. The Hall–Kier alpha value is -1.50. The molecule has 0 spiro atoms. The number of nitrogens with zero attached hydrogens (tertiary/aromatic N) is 2. The topological polar surface area (TPSA) is 27.1 Å². The van der Waals surface area contributed by atoms with Crippen LogP contribution in [-0.4, -0.2) is 16.2 Å². The van der Waals surface area contributed by atoms with Crippen molar-refractivity contribution < 1.29 is 17.9 Å². The van der Waals surface area contributed by atoms with E-state index in [1.807, 2.05) is 0 Å². The van der Waals surface area contributed by atoms with Gasteiger partial charge in [-0.05, 0) is 47.5 Å². The van der Waals surface area contributed by atoms with Crippen LogP contribution in [0.25, 0.3) is 5.69 Å². The highest BCUT2D eigenvalue weighted by Crippen LogP contribution is 2.33. The largest absolute Gasteiger partial charge is 0.464 e. The molecule has 3 nitrogen and oxygen atoms in total. The van der Waals surface area contributed by atoms with Crippen molar-refractivity contribution in [1.82, 2.24) is 9.55 Å². The zero-order valence-electron chi connectivity index (χ0n) is 13.0. The van der Waals surface area contributed by atoms with Crippen LogP contribution in [0.5, 0.6) is 6.01 Å². The van der Waals surface area contributed by atoms with Gasteiger partial charge in [-0.25, -0.2) is 0 Å². The Balaban J connectivity index is 2.35. The van der Waals surface area contributed by atoms with E-state index in [1.165, 1.54) is 6.07 Å². The highest BCUT2D eigenvalue weighted by molar-refractivity contribution is 9.10. The van der Waals surface area contributed by atoms with Gasteiger partial charge in [0.2, 0.25) is 0 Å². The molecule has 0 N–H and O–H groups in total. The number of aromatic nitrogens is 2. The zero-order valence-corrected chi connectivity index (χ0v) is 14.5. The molecule has 1 aromatic heterocycles. The van der Waals surface area contributed by atoms with Gasteiger partial charge >= 0.3 is 12.2 Å². The molecule has 0 bridgehead atoms. The van der Waals surface area contributed by atoms with E-state index in [-0.39, 0.29) is 0 Å². The predicted molar refractivity (Wildman–Crippen MR) is 86.0 cm³/mol. The fraction of sp³-hybridized carbons (Fsp3) is 0.438. The van der Waals surface area contributed by atoms with Crippen LogP contribution >= 0.6 is 15.9 Å². The van der Waals surface area contributed by atoms with E-state index < -0.39 is 11.7 Å². The third-order valence-corrected chi connectivity index (χ3v) is 4.18. The quantitative estimate of drug-likeness (QED) is 0.606. The van der Waals surface area contributed by atoms with Gasteiger partial charge in [-0.2, -0.15) is 18.2 Å². The number of benzene rings is 1. The van der Waals surface area contributed by atoms with Crippen molar-refractivity contribution in [2.24, 2.45) is 0 Å². The highest BCUT2D eigenvalue weighted by Gasteiger charge is 2.31. The third-order valence-electron chi connectivity index (χ3n) is 3.43. The lowest BCUT2D eigenvalue weighted by molar-refractivity contribution is -0.137. The maximum absolute atomic E-state index is 12.9. The molecule has 1 aromatic carbocycles. The van der Waals surface area contributed by atoms with Gasteiger partial charge in [0.15, 0.2) is 0 Å². The minimum atomic E-state index is -4.39. The monoisotopic (exact) mass is 390 g/mol. The van der Waals surface area contributed by atoms with E-state index in [4.69, 9.17) is 4.74 Å². The molecule has 126 valence electrons. The Labute approximate surface area is 141 Å². The average Bonchev–Trinajstić information content (AvgIpc) is 2.78. The molecule has 0 saturated carbocycles. The van der Waals surface area contributed by atoms with Crippen LogP contribution in [0.1, 0.15) is 37.4 Å². The SMILES string of the molecule is CCCCCOc1nc(Br)c(C)n1-c1cccc(C(F)(F)F)c1. The van der Waals surface area contributed by atoms with Crippen LogP contribution < -0.4 is 4.74 Å². The van der Waals surface area contributed by atoms with Gasteiger partial charge in [0.05, 0.1) is 23.6 Å². The number of hydrogen-bond acceptors (Lipinski definition) is 2. The molecule has 0 unspecified atom stereocenters. The standard InChI is InChI=1S/C16H18BrF3N2O/c1-3-4-5-9-23-15-21-14(17)11(2)22(15)13-8-6-7-12(10-13)16(18,19)20/h6-8,10H,3-5,9H2,1-2H3. The second-order valence-corrected chi connectivity index (χ2v) is 5.96. The van der Waals surface area contributed by atoms with Gasteiger partial charge in [0, 0.05) is 0 Å². The zero-order chi connectivity index (χ0) is 17.0. The van der Waals surface area contributed by atoms with Crippen LogP contribution in [0.3, 0.4) is 0 Å². The molecule has 1 heterocycles. The summed E-state index contributed by atoms with van der Waals surface area (Å²) in [6.45, 7) is 4.34. The van der Waals surface area contributed by atoms with E-state index in [1.54, 1.807) is 17.6 Å². The minimum absolute atomic E-state index is 0.296. The molecule has 0 aliphatic carbocycles. The van der Waals surface area contributed by atoms with Gasteiger partial charge in [-0.1, -0.05) is 25.8 Å². The summed E-state index contributed by atoms with van der Waals surface area (Å²) in [6.07, 6.45) is -1.41. The molecule has 23 heavy (non-hydrogen) atoms. The van der Waals surface area contributed by atoms with Crippen molar-refractivity contribution >= 4 is 15.9 Å². The Bertz CT molecular complexity index is 668. The van der Waals surface area contributed by atoms with E-state index >= 15 is 0 Å². The number of imidazole rings is 1. The number of unbranched alkanes of at least 4 members (excludes halogenated alkanes) is 2. The average molecular weight is 391 g/mol. The number of alkyl halides is 3. The number of halogens is 4. The molecular weight excluding hydrogens is 373 g/mol. The van der Waals surface area contributed by atoms with Crippen LogP contribution in [-0.2, 0) is 6.18 Å². The molecule has 0 amide bonds. The Morgan fingerprint density at radius 1 is 1.26 bits per heavy atom. The first kappa shape index (κ1) is 17.8. The molecule has 0 atom stereocenters. The lowest BCUT2D eigenvalue weighted by atomic mass is 10.2. The summed E-state index contributed by atoms with van der Waals surface area (Å²) in [4.78, 5) is 4.25. The summed E-state index contributed by atoms with van der Waals surface area (Å²) < 4.78 is 46.5. The normalized spacial score (nSPS) is 11.7. The molecule has 0 aliphatic heterocycles. The van der Waals surface area contributed by atoms with Gasteiger partial charge in [0.1, 0.15) is 4.60 Å². The van der Waals surface area contributed by atoms with Crippen LogP contribution in [0.2, 0.25) is 0 Å². The smallest absolute Gasteiger partial charge is 0.416 e. The highest BCUT2D eigenvalue weighted by atomic mass is 79.9. The first-order chi connectivity index (χ1) is 10.8. The van der Waals surface area contributed by atoms with Gasteiger partial charge < -0.3 is 4.74 Å². The van der Waals surface area contributed by atoms with E-state index in [9.17, 15) is 13.2 Å². The molecule has 0 aliphatic rings. The Kier molecular flexibility index (Phi) is 5.73. The van der Waals surface area contributed by atoms with Crippen LogP contribution in [0.4, 0.5) is 13.2 Å². The van der Waals surface area contributed by atoms with Gasteiger partial charge in [-0.3, -0.25) is 4.57 Å². The van der Waals surface area contributed by atoms with Gasteiger partial charge in [0.25, 0.3) is 0 Å². The van der Waals surface area contributed by atoms with Crippen molar-refractivity contribution in [2.75, 3.05) is 6.61 Å². The molecule has 0 saturated heterocycles. The Morgan fingerprint density at radius 3 is 2.65 bits per heavy atom.